The molecule has 2 aromatic rings. The average molecular weight is 395 g/mol. The number of nitrogens with one attached hydrogen (secondary N) is 1. The molecule has 0 aliphatic heterocycles. The van der Waals surface area contributed by atoms with Gasteiger partial charge in [-0.1, -0.05) is 48.0 Å². The summed E-state index contributed by atoms with van der Waals surface area (Å²) >= 11 is 6.13. The molecule has 1 N–H and O–H groups in total. The van der Waals surface area contributed by atoms with Gasteiger partial charge >= 0.3 is 0 Å². The monoisotopic (exact) mass is 394 g/mol. The molecule has 0 spiro atoms. The highest BCUT2D eigenvalue weighted by Crippen LogP contribution is 2.27. The molecule has 0 aliphatic carbocycles. The summed E-state index contributed by atoms with van der Waals surface area (Å²) in [4.78, 5) is 12.7. The molecular weight excluding hydrogens is 372 g/mol. The second-order valence-electron chi connectivity index (χ2n) is 6.31. The van der Waals surface area contributed by atoms with Crippen molar-refractivity contribution in [1.82, 2.24) is 5.32 Å². The summed E-state index contributed by atoms with van der Waals surface area (Å²) in [6.45, 7) is 5.24. The van der Waals surface area contributed by atoms with Crippen molar-refractivity contribution in [3.63, 3.8) is 0 Å². The molecular formula is C19H23ClN2O3S. The summed E-state index contributed by atoms with van der Waals surface area (Å²) in [6.07, 6.45) is 1.07. The minimum atomic E-state index is -3.68. The highest BCUT2D eigenvalue weighted by Gasteiger charge is 2.30. The zero-order valence-electron chi connectivity index (χ0n) is 15.2. The molecule has 2 aromatic carbocycles. The van der Waals surface area contributed by atoms with Crippen LogP contribution in [0.3, 0.4) is 0 Å². The predicted molar refractivity (Wildman–Crippen MR) is 106 cm³/mol. The Balaban J connectivity index is 2.27. The first kappa shape index (κ1) is 20.3. The number of halogens is 1. The average Bonchev–Trinajstić information content (AvgIpc) is 2.57. The molecule has 1 amide bonds. The van der Waals surface area contributed by atoms with Crippen molar-refractivity contribution in [3.05, 3.63) is 64.7 Å². The van der Waals surface area contributed by atoms with Crippen LogP contribution in [0.5, 0.6) is 0 Å². The number of carbonyl (C=O) groups excluding carboxylic acids is 1. The zero-order valence-corrected chi connectivity index (χ0v) is 16.8. The first-order valence-corrected chi connectivity index (χ1v) is 10.4. The summed E-state index contributed by atoms with van der Waals surface area (Å²) in [6, 6.07) is 13.3. The van der Waals surface area contributed by atoms with Crippen LogP contribution in [-0.4, -0.2) is 26.6 Å². The Morgan fingerprint density at radius 1 is 1.12 bits per heavy atom. The number of anilines is 1. The third-order valence-electron chi connectivity index (χ3n) is 4.16. The van der Waals surface area contributed by atoms with Crippen molar-refractivity contribution in [1.29, 1.82) is 0 Å². The summed E-state index contributed by atoms with van der Waals surface area (Å²) < 4.78 is 25.8. The number of nitrogens with zero attached hydrogens (tertiary/aromatic N) is 1. The van der Waals surface area contributed by atoms with Gasteiger partial charge in [0.25, 0.3) is 0 Å². The molecule has 0 aliphatic rings. The number of carbonyl (C=O) groups is 1. The van der Waals surface area contributed by atoms with E-state index in [0.717, 1.165) is 21.7 Å². The Bertz CT molecular complexity index is 885. The Labute approximate surface area is 160 Å². The molecule has 0 unspecified atom stereocenters. The van der Waals surface area contributed by atoms with E-state index in [-0.39, 0.29) is 11.9 Å². The molecule has 2 rings (SSSR count). The quantitative estimate of drug-likeness (QED) is 0.812. The summed E-state index contributed by atoms with van der Waals surface area (Å²) in [5.41, 5.74) is 2.13. The van der Waals surface area contributed by atoms with Gasteiger partial charge in [-0.3, -0.25) is 9.10 Å². The lowest BCUT2D eigenvalue weighted by Crippen LogP contribution is -2.48. The second kappa shape index (κ2) is 8.10. The van der Waals surface area contributed by atoms with E-state index in [2.05, 4.69) is 5.32 Å². The molecule has 0 saturated carbocycles. The second-order valence-corrected chi connectivity index (χ2v) is 8.58. The van der Waals surface area contributed by atoms with Gasteiger partial charge in [0.05, 0.1) is 18.0 Å². The number of rotatable bonds is 6. The Kier molecular flexibility index (Phi) is 6.31. The maximum atomic E-state index is 12.7. The van der Waals surface area contributed by atoms with E-state index < -0.39 is 16.1 Å². The first-order chi connectivity index (χ1) is 12.1. The van der Waals surface area contributed by atoms with Crippen LogP contribution in [0, 0.1) is 6.92 Å². The van der Waals surface area contributed by atoms with Crippen molar-refractivity contribution in [3.8, 4) is 0 Å². The van der Waals surface area contributed by atoms with E-state index in [1.54, 1.807) is 25.1 Å². The lowest BCUT2D eigenvalue weighted by atomic mass is 10.1. The van der Waals surface area contributed by atoms with E-state index in [4.69, 9.17) is 11.6 Å². The van der Waals surface area contributed by atoms with E-state index in [1.165, 1.54) is 0 Å². The molecule has 0 aromatic heterocycles. The SMILES string of the molecule is Cc1ccc(N([C@@H](C)C(=O)N[C@H](C)c2ccccc2)S(C)(=O)=O)cc1Cl. The van der Waals surface area contributed by atoms with Gasteiger partial charge in [0, 0.05) is 5.02 Å². The van der Waals surface area contributed by atoms with Gasteiger partial charge in [-0.25, -0.2) is 8.42 Å². The van der Waals surface area contributed by atoms with Crippen LogP contribution in [0.1, 0.15) is 31.0 Å². The van der Waals surface area contributed by atoms with Gasteiger partial charge in [-0.2, -0.15) is 0 Å². The molecule has 7 heteroatoms. The Morgan fingerprint density at radius 3 is 2.27 bits per heavy atom. The third kappa shape index (κ3) is 4.77. The lowest BCUT2D eigenvalue weighted by molar-refractivity contribution is -0.122. The summed E-state index contributed by atoms with van der Waals surface area (Å²) in [5.74, 6) is -0.386. The maximum absolute atomic E-state index is 12.7. The first-order valence-electron chi connectivity index (χ1n) is 8.22. The van der Waals surface area contributed by atoms with Crippen LogP contribution in [-0.2, 0) is 14.8 Å². The van der Waals surface area contributed by atoms with E-state index in [1.807, 2.05) is 44.2 Å². The standard InChI is InChI=1S/C19H23ClN2O3S/c1-13-10-11-17(12-18(13)20)22(26(4,24)25)15(3)19(23)21-14(2)16-8-6-5-7-9-16/h5-12,14-15H,1-4H3,(H,21,23)/t14-,15+/m1/s1. The van der Waals surface area contributed by atoms with Crippen molar-refractivity contribution >= 4 is 33.2 Å². The number of hydrogen-bond acceptors (Lipinski definition) is 3. The molecule has 0 radical (unpaired) electrons. The third-order valence-corrected chi connectivity index (χ3v) is 5.81. The fraction of sp³-hybridized carbons (Fsp3) is 0.316. The van der Waals surface area contributed by atoms with Crippen LogP contribution >= 0.6 is 11.6 Å². The zero-order chi connectivity index (χ0) is 19.5. The fourth-order valence-corrected chi connectivity index (χ4v) is 4.03. The van der Waals surface area contributed by atoms with Gasteiger partial charge < -0.3 is 5.32 Å². The largest absolute Gasteiger partial charge is 0.348 e. The topological polar surface area (TPSA) is 66.5 Å². The molecule has 2 atom stereocenters. The molecule has 0 saturated heterocycles. The smallest absolute Gasteiger partial charge is 0.244 e. The van der Waals surface area contributed by atoms with Gasteiger partial charge in [-0.05, 0) is 44.0 Å². The maximum Gasteiger partial charge on any atom is 0.244 e. The van der Waals surface area contributed by atoms with Crippen molar-refractivity contribution < 1.29 is 13.2 Å². The number of aryl methyl sites for hydroxylation is 1. The van der Waals surface area contributed by atoms with Crippen LogP contribution in [0.25, 0.3) is 0 Å². The fourth-order valence-electron chi connectivity index (χ4n) is 2.69. The van der Waals surface area contributed by atoms with Gasteiger partial charge in [0.15, 0.2) is 0 Å². The van der Waals surface area contributed by atoms with Crippen molar-refractivity contribution in [2.75, 3.05) is 10.6 Å². The highest BCUT2D eigenvalue weighted by atomic mass is 35.5. The Hall–Kier alpha value is -2.05. The van der Waals surface area contributed by atoms with Crippen molar-refractivity contribution in [2.45, 2.75) is 32.9 Å². The normalized spacial score (nSPS) is 13.7. The number of sulfonamides is 1. The number of amides is 1. The van der Waals surface area contributed by atoms with E-state index in [9.17, 15) is 13.2 Å². The van der Waals surface area contributed by atoms with Crippen LogP contribution in [0.2, 0.25) is 5.02 Å². The van der Waals surface area contributed by atoms with Crippen LogP contribution < -0.4 is 9.62 Å². The van der Waals surface area contributed by atoms with Crippen molar-refractivity contribution in [2.24, 2.45) is 0 Å². The van der Waals surface area contributed by atoms with E-state index in [0.29, 0.717) is 10.7 Å². The predicted octanol–water partition coefficient (Wildman–Crippen LogP) is 3.68. The van der Waals surface area contributed by atoms with Gasteiger partial charge in [0.1, 0.15) is 6.04 Å². The summed E-state index contributed by atoms with van der Waals surface area (Å²) in [5, 5.41) is 3.31. The molecule has 0 fully saturated rings. The summed E-state index contributed by atoms with van der Waals surface area (Å²) in [7, 11) is -3.68. The molecule has 0 bridgehead atoms. The highest BCUT2D eigenvalue weighted by molar-refractivity contribution is 7.92. The lowest BCUT2D eigenvalue weighted by Gasteiger charge is -2.29. The minimum Gasteiger partial charge on any atom is -0.348 e. The van der Waals surface area contributed by atoms with E-state index >= 15 is 0 Å². The van der Waals surface area contributed by atoms with Crippen LogP contribution in [0.15, 0.2) is 48.5 Å². The Morgan fingerprint density at radius 2 is 1.73 bits per heavy atom. The minimum absolute atomic E-state index is 0.242. The number of hydrogen-bond donors (Lipinski definition) is 1. The van der Waals surface area contributed by atoms with Crippen LogP contribution in [0.4, 0.5) is 5.69 Å². The molecule has 5 nitrogen and oxygen atoms in total. The molecule has 26 heavy (non-hydrogen) atoms. The molecule has 0 heterocycles. The van der Waals surface area contributed by atoms with Gasteiger partial charge in [-0.15, -0.1) is 0 Å². The van der Waals surface area contributed by atoms with Gasteiger partial charge in [0.2, 0.25) is 15.9 Å². The molecule has 140 valence electrons. The number of benzene rings is 2.